The van der Waals surface area contributed by atoms with Crippen molar-refractivity contribution in [3.8, 4) is 0 Å². The van der Waals surface area contributed by atoms with Crippen LogP contribution in [0.25, 0.3) is 0 Å². The predicted molar refractivity (Wildman–Crippen MR) is 89.2 cm³/mol. The Bertz CT molecular complexity index is 468. The molecule has 0 spiro atoms. The van der Waals surface area contributed by atoms with Gasteiger partial charge in [0.15, 0.2) is 0 Å². The van der Waals surface area contributed by atoms with Crippen LogP contribution in [0.4, 0.5) is 0 Å². The molecule has 1 N–H and O–H groups in total. The average molecular weight is 359 g/mol. The van der Waals surface area contributed by atoms with Crippen LogP contribution in [-0.4, -0.2) is 31.6 Å². The Balaban J connectivity index is 1.55. The van der Waals surface area contributed by atoms with Crippen molar-refractivity contribution in [2.24, 2.45) is 0 Å². The average Bonchev–Trinajstić information content (AvgIpc) is 3.01. The first kappa shape index (κ1) is 15.2. The Morgan fingerprint density at radius 1 is 1.26 bits per heavy atom. The van der Waals surface area contributed by atoms with E-state index in [0.29, 0.717) is 0 Å². The Hall–Kier alpha value is -0.200. The van der Waals surface area contributed by atoms with Crippen molar-refractivity contribution in [2.75, 3.05) is 26.7 Å². The van der Waals surface area contributed by atoms with Gasteiger partial charge in [0.25, 0.3) is 0 Å². The number of halogens is 1. The summed E-state index contributed by atoms with van der Waals surface area (Å²) in [4.78, 5) is 2.35. The van der Waals surface area contributed by atoms with Gasteiger partial charge in [-0.1, -0.05) is 0 Å². The molecule has 0 saturated carbocycles. The number of nitrogens with zero attached hydrogens (tertiary/aromatic N) is 1. The predicted octanol–water partition coefficient (Wildman–Crippen LogP) is 3.84. The highest BCUT2D eigenvalue weighted by Crippen LogP contribution is 2.21. The molecule has 0 bridgehead atoms. The minimum absolute atomic E-state index is 1.02. The summed E-state index contributed by atoms with van der Waals surface area (Å²) in [6.07, 6.45) is 1.13. The SMILES string of the molecule is CN(CCNCCc1ccsc1)Cc1csc(Br)c1. The molecule has 2 aromatic rings. The van der Waals surface area contributed by atoms with E-state index in [-0.39, 0.29) is 0 Å². The lowest BCUT2D eigenvalue weighted by Gasteiger charge is -2.16. The molecule has 0 aromatic carbocycles. The standard InChI is InChI=1S/C14H19BrN2S2/c1-17(9-13-8-14(15)19-11-13)6-5-16-4-2-12-3-7-18-10-12/h3,7-8,10-11,16H,2,4-6,9H2,1H3. The minimum atomic E-state index is 1.02. The van der Waals surface area contributed by atoms with Gasteiger partial charge >= 0.3 is 0 Å². The first-order valence-electron chi connectivity index (χ1n) is 6.37. The molecule has 0 aliphatic heterocycles. The lowest BCUT2D eigenvalue weighted by Crippen LogP contribution is -2.29. The highest BCUT2D eigenvalue weighted by Gasteiger charge is 2.02. The molecule has 0 radical (unpaired) electrons. The molecule has 2 aromatic heterocycles. The second-order valence-corrected chi connectivity index (χ2v) is 7.70. The number of likely N-dealkylation sites (N-methyl/N-ethyl adjacent to an activating group) is 1. The Labute approximate surface area is 131 Å². The van der Waals surface area contributed by atoms with E-state index in [2.05, 4.69) is 61.5 Å². The third kappa shape index (κ3) is 5.75. The smallest absolute Gasteiger partial charge is 0.0701 e. The Morgan fingerprint density at radius 2 is 2.16 bits per heavy atom. The van der Waals surface area contributed by atoms with Crippen molar-refractivity contribution in [1.82, 2.24) is 10.2 Å². The summed E-state index contributed by atoms with van der Waals surface area (Å²) >= 11 is 7.03. The number of nitrogens with one attached hydrogen (secondary N) is 1. The van der Waals surface area contributed by atoms with Crippen molar-refractivity contribution < 1.29 is 0 Å². The zero-order valence-electron chi connectivity index (χ0n) is 11.1. The van der Waals surface area contributed by atoms with Crippen LogP contribution >= 0.6 is 38.6 Å². The normalized spacial score (nSPS) is 11.3. The monoisotopic (exact) mass is 358 g/mol. The fourth-order valence-electron chi connectivity index (χ4n) is 1.88. The van der Waals surface area contributed by atoms with Crippen LogP contribution in [0, 0.1) is 0 Å². The van der Waals surface area contributed by atoms with Crippen LogP contribution in [0.15, 0.2) is 32.1 Å². The van der Waals surface area contributed by atoms with E-state index in [4.69, 9.17) is 0 Å². The van der Waals surface area contributed by atoms with Gasteiger partial charge in [0.05, 0.1) is 3.79 Å². The molecule has 0 saturated heterocycles. The van der Waals surface area contributed by atoms with E-state index >= 15 is 0 Å². The third-order valence-corrected chi connectivity index (χ3v) is 5.20. The maximum Gasteiger partial charge on any atom is 0.0701 e. The number of hydrogen-bond acceptors (Lipinski definition) is 4. The maximum atomic E-state index is 3.50. The molecule has 2 heterocycles. The quantitative estimate of drug-likeness (QED) is 0.721. The molecule has 5 heteroatoms. The molecule has 0 aliphatic carbocycles. The molecule has 0 fully saturated rings. The van der Waals surface area contributed by atoms with Gasteiger partial charge in [-0.2, -0.15) is 11.3 Å². The van der Waals surface area contributed by atoms with Crippen LogP contribution in [0.3, 0.4) is 0 Å². The maximum absolute atomic E-state index is 3.50. The summed E-state index contributed by atoms with van der Waals surface area (Å²) in [5, 5.41) is 10.1. The zero-order chi connectivity index (χ0) is 13.5. The van der Waals surface area contributed by atoms with Crippen molar-refractivity contribution in [3.05, 3.63) is 43.2 Å². The Morgan fingerprint density at radius 3 is 2.84 bits per heavy atom. The van der Waals surface area contributed by atoms with Crippen LogP contribution < -0.4 is 5.32 Å². The minimum Gasteiger partial charge on any atom is -0.315 e. The molecule has 0 aliphatic rings. The third-order valence-electron chi connectivity index (χ3n) is 2.92. The zero-order valence-corrected chi connectivity index (χ0v) is 14.3. The van der Waals surface area contributed by atoms with Gasteiger partial charge in [0.2, 0.25) is 0 Å². The van der Waals surface area contributed by atoms with E-state index < -0.39 is 0 Å². The lowest BCUT2D eigenvalue weighted by atomic mass is 10.2. The highest BCUT2D eigenvalue weighted by molar-refractivity contribution is 9.11. The molecule has 0 atom stereocenters. The first-order chi connectivity index (χ1) is 9.24. The van der Waals surface area contributed by atoms with Gasteiger partial charge in [0.1, 0.15) is 0 Å². The van der Waals surface area contributed by atoms with Gasteiger partial charge in [-0.3, -0.25) is 0 Å². The van der Waals surface area contributed by atoms with E-state index in [1.807, 2.05) is 0 Å². The molecule has 0 amide bonds. The fourth-order valence-corrected chi connectivity index (χ4v) is 3.79. The summed E-state index contributed by atoms with van der Waals surface area (Å²) in [6, 6.07) is 4.40. The van der Waals surface area contributed by atoms with Gasteiger partial charge in [-0.15, -0.1) is 11.3 Å². The Kier molecular flexibility index (Phi) is 6.53. The van der Waals surface area contributed by atoms with Crippen LogP contribution in [-0.2, 0) is 13.0 Å². The molecular formula is C14H19BrN2S2. The fraction of sp³-hybridized carbons (Fsp3) is 0.429. The summed E-state index contributed by atoms with van der Waals surface area (Å²) in [6.45, 7) is 4.21. The number of rotatable bonds is 8. The van der Waals surface area contributed by atoms with Crippen molar-refractivity contribution in [3.63, 3.8) is 0 Å². The van der Waals surface area contributed by atoms with Gasteiger partial charge in [-0.25, -0.2) is 0 Å². The van der Waals surface area contributed by atoms with E-state index in [0.717, 1.165) is 32.6 Å². The number of thiophene rings is 2. The molecule has 104 valence electrons. The second kappa shape index (κ2) is 8.17. The van der Waals surface area contributed by atoms with Gasteiger partial charge in [0, 0.05) is 19.6 Å². The van der Waals surface area contributed by atoms with Crippen molar-refractivity contribution >= 4 is 38.6 Å². The topological polar surface area (TPSA) is 15.3 Å². The largest absolute Gasteiger partial charge is 0.315 e. The number of hydrogen-bond donors (Lipinski definition) is 1. The first-order valence-corrected chi connectivity index (χ1v) is 8.99. The van der Waals surface area contributed by atoms with E-state index in [9.17, 15) is 0 Å². The second-order valence-electron chi connectivity index (χ2n) is 4.63. The summed E-state index contributed by atoms with van der Waals surface area (Å²) in [5.41, 5.74) is 2.83. The summed E-state index contributed by atoms with van der Waals surface area (Å²) < 4.78 is 1.21. The summed E-state index contributed by atoms with van der Waals surface area (Å²) in [7, 11) is 2.17. The van der Waals surface area contributed by atoms with Crippen molar-refractivity contribution in [2.45, 2.75) is 13.0 Å². The van der Waals surface area contributed by atoms with Gasteiger partial charge < -0.3 is 10.2 Å². The summed E-state index contributed by atoms with van der Waals surface area (Å²) in [5.74, 6) is 0. The molecule has 0 unspecified atom stereocenters. The highest BCUT2D eigenvalue weighted by atomic mass is 79.9. The molecule has 19 heavy (non-hydrogen) atoms. The molecule has 2 nitrogen and oxygen atoms in total. The van der Waals surface area contributed by atoms with E-state index in [1.54, 1.807) is 22.7 Å². The van der Waals surface area contributed by atoms with Crippen LogP contribution in [0.2, 0.25) is 0 Å². The lowest BCUT2D eigenvalue weighted by molar-refractivity contribution is 0.325. The van der Waals surface area contributed by atoms with Crippen LogP contribution in [0.1, 0.15) is 11.1 Å². The van der Waals surface area contributed by atoms with Gasteiger partial charge in [-0.05, 0) is 75.3 Å². The van der Waals surface area contributed by atoms with Crippen molar-refractivity contribution in [1.29, 1.82) is 0 Å². The molecular weight excluding hydrogens is 340 g/mol. The molecule has 2 rings (SSSR count). The van der Waals surface area contributed by atoms with E-state index in [1.165, 1.54) is 14.9 Å². The van der Waals surface area contributed by atoms with Crippen LogP contribution in [0.5, 0.6) is 0 Å².